The van der Waals surface area contributed by atoms with Crippen LogP contribution in [0.1, 0.15) is 28.4 Å². The lowest BCUT2D eigenvalue weighted by Gasteiger charge is -2.35. The lowest BCUT2D eigenvalue weighted by Crippen LogP contribution is -2.46. The van der Waals surface area contributed by atoms with E-state index in [4.69, 9.17) is 0 Å². The molecule has 0 bridgehead atoms. The van der Waals surface area contributed by atoms with Gasteiger partial charge in [-0.15, -0.1) is 0 Å². The molecule has 3 rings (SSSR count). The van der Waals surface area contributed by atoms with Gasteiger partial charge in [0, 0.05) is 56.0 Å². The molecule has 0 saturated heterocycles. The SMILES string of the molecule is C=C(F)/C=C(F)\C=C(/C)CN1C(=O)N(C)Cc2ccc(C(=O)NCc3c(F)cc(F)cc3F)cc21. The molecule has 1 N–H and O–H groups in total. The van der Waals surface area contributed by atoms with E-state index in [1.54, 1.807) is 20.0 Å². The Hall–Kier alpha value is -3.95. The van der Waals surface area contributed by atoms with Crippen molar-refractivity contribution >= 4 is 17.6 Å². The van der Waals surface area contributed by atoms with Gasteiger partial charge in [-0.25, -0.2) is 26.7 Å². The van der Waals surface area contributed by atoms with Crippen LogP contribution in [0.25, 0.3) is 0 Å². The van der Waals surface area contributed by atoms with E-state index >= 15 is 0 Å². The average Bonchev–Trinajstić information content (AvgIpc) is 2.75. The van der Waals surface area contributed by atoms with Crippen LogP contribution in [0.15, 0.2) is 66.3 Å². The topological polar surface area (TPSA) is 52.7 Å². The van der Waals surface area contributed by atoms with E-state index in [1.165, 1.54) is 21.9 Å². The van der Waals surface area contributed by atoms with E-state index in [-0.39, 0.29) is 18.7 Å². The van der Waals surface area contributed by atoms with Gasteiger partial charge in [-0.1, -0.05) is 18.2 Å². The van der Waals surface area contributed by atoms with Crippen LogP contribution in [0.2, 0.25) is 0 Å². The maximum absolute atomic E-state index is 13.9. The summed E-state index contributed by atoms with van der Waals surface area (Å²) in [5.41, 5.74) is 1.11. The first-order chi connectivity index (χ1) is 16.5. The number of carbonyl (C=O) groups excluding carboxylic acids is 2. The van der Waals surface area contributed by atoms with Crippen molar-refractivity contribution in [3.05, 3.63) is 100 Å². The van der Waals surface area contributed by atoms with E-state index in [9.17, 15) is 31.5 Å². The molecular weight excluding hydrogens is 469 g/mol. The van der Waals surface area contributed by atoms with Crippen LogP contribution in [0, 0.1) is 17.5 Å². The highest BCUT2D eigenvalue weighted by molar-refractivity contribution is 5.99. The van der Waals surface area contributed by atoms with Gasteiger partial charge in [-0.2, -0.15) is 0 Å². The summed E-state index contributed by atoms with van der Waals surface area (Å²) in [6.45, 7) is 4.21. The molecule has 1 aliphatic heterocycles. The van der Waals surface area contributed by atoms with Gasteiger partial charge in [-0.3, -0.25) is 9.69 Å². The van der Waals surface area contributed by atoms with Gasteiger partial charge in [0.05, 0.1) is 5.69 Å². The fourth-order valence-electron chi connectivity index (χ4n) is 3.61. The molecule has 0 fully saturated rings. The van der Waals surface area contributed by atoms with Crippen molar-refractivity contribution < 1.29 is 31.5 Å². The van der Waals surface area contributed by atoms with Crippen molar-refractivity contribution in [3.63, 3.8) is 0 Å². The first-order valence-electron chi connectivity index (χ1n) is 10.4. The Morgan fingerprint density at radius 2 is 1.77 bits per heavy atom. The molecular formula is C25H22F5N3O2. The Bertz CT molecular complexity index is 1230. The van der Waals surface area contributed by atoms with E-state index < -0.39 is 53.2 Å². The molecule has 2 aromatic rings. The molecule has 5 nitrogen and oxygen atoms in total. The van der Waals surface area contributed by atoms with Gasteiger partial charge < -0.3 is 10.2 Å². The zero-order valence-electron chi connectivity index (χ0n) is 19.0. The summed E-state index contributed by atoms with van der Waals surface area (Å²) in [5.74, 6) is -5.84. The second kappa shape index (κ2) is 10.5. The first-order valence-corrected chi connectivity index (χ1v) is 10.4. The minimum atomic E-state index is -1.13. The molecule has 0 unspecified atom stereocenters. The van der Waals surface area contributed by atoms with Gasteiger partial charge in [-0.05, 0) is 30.7 Å². The molecule has 0 atom stereocenters. The van der Waals surface area contributed by atoms with Crippen LogP contribution in [0.4, 0.5) is 32.4 Å². The summed E-state index contributed by atoms with van der Waals surface area (Å²) in [5, 5.41) is 2.38. The van der Waals surface area contributed by atoms with E-state index in [0.29, 0.717) is 35.0 Å². The number of allylic oxidation sites excluding steroid dienone is 4. The highest BCUT2D eigenvalue weighted by Gasteiger charge is 2.29. The quantitative estimate of drug-likeness (QED) is 0.400. The van der Waals surface area contributed by atoms with Crippen molar-refractivity contribution in [1.82, 2.24) is 10.2 Å². The summed E-state index contributed by atoms with van der Waals surface area (Å²) in [7, 11) is 1.58. The van der Waals surface area contributed by atoms with E-state index in [0.717, 1.165) is 6.08 Å². The maximum Gasteiger partial charge on any atom is 0.324 e. The number of amides is 3. The predicted molar refractivity (Wildman–Crippen MR) is 121 cm³/mol. The zero-order valence-corrected chi connectivity index (χ0v) is 19.0. The molecule has 10 heteroatoms. The Labute approximate surface area is 198 Å². The second-order valence-corrected chi connectivity index (χ2v) is 8.07. The average molecular weight is 491 g/mol. The van der Waals surface area contributed by atoms with E-state index in [2.05, 4.69) is 11.9 Å². The number of fused-ring (bicyclic) bond motifs is 1. The minimum Gasteiger partial charge on any atom is -0.348 e. The molecule has 1 aliphatic rings. The normalized spacial score (nSPS) is 14.2. The number of nitrogens with one attached hydrogen (secondary N) is 1. The Morgan fingerprint density at radius 1 is 1.11 bits per heavy atom. The maximum atomic E-state index is 13.9. The van der Waals surface area contributed by atoms with Gasteiger partial charge in [0.2, 0.25) is 0 Å². The second-order valence-electron chi connectivity index (χ2n) is 8.07. The Morgan fingerprint density at radius 3 is 2.40 bits per heavy atom. The van der Waals surface area contributed by atoms with Crippen molar-refractivity contribution in [3.8, 4) is 0 Å². The molecule has 1 heterocycles. The number of carbonyl (C=O) groups is 2. The molecule has 3 amide bonds. The van der Waals surface area contributed by atoms with Crippen LogP contribution in [0.3, 0.4) is 0 Å². The third kappa shape index (κ3) is 6.14. The monoisotopic (exact) mass is 491 g/mol. The number of hydrogen-bond acceptors (Lipinski definition) is 2. The van der Waals surface area contributed by atoms with Crippen molar-refractivity contribution in [2.45, 2.75) is 20.0 Å². The number of halogens is 5. The van der Waals surface area contributed by atoms with E-state index in [1.807, 2.05) is 0 Å². The number of rotatable bonds is 7. The van der Waals surface area contributed by atoms with Gasteiger partial charge in [0.15, 0.2) is 0 Å². The smallest absolute Gasteiger partial charge is 0.324 e. The predicted octanol–water partition coefficient (Wildman–Crippen LogP) is 5.69. The Balaban J connectivity index is 1.85. The lowest BCUT2D eigenvalue weighted by atomic mass is 10.0. The summed E-state index contributed by atoms with van der Waals surface area (Å²) in [6.07, 6.45) is 1.67. The minimum absolute atomic E-state index is 0.0483. The third-order valence-corrected chi connectivity index (χ3v) is 5.22. The molecule has 2 aromatic carbocycles. The Kier molecular flexibility index (Phi) is 7.73. The molecule has 184 valence electrons. The molecule has 0 saturated carbocycles. The van der Waals surface area contributed by atoms with Gasteiger partial charge >= 0.3 is 6.03 Å². The first kappa shape index (κ1) is 25.7. The summed E-state index contributed by atoms with van der Waals surface area (Å²) in [4.78, 5) is 28.2. The summed E-state index contributed by atoms with van der Waals surface area (Å²) in [6, 6.07) is 5.19. The van der Waals surface area contributed by atoms with Crippen molar-refractivity contribution in [1.29, 1.82) is 0 Å². The number of benzene rings is 2. The lowest BCUT2D eigenvalue weighted by molar-refractivity contribution is 0.0950. The number of nitrogens with zero attached hydrogens (tertiary/aromatic N) is 2. The largest absolute Gasteiger partial charge is 0.348 e. The summed E-state index contributed by atoms with van der Waals surface area (Å²) < 4.78 is 67.5. The van der Waals surface area contributed by atoms with Crippen molar-refractivity contribution in [2.24, 2.45) is 0 Å². The van der Waals surface area contributed by atoms with Crippen LogP contribution in [-0.2, 0) is 13.1 Å². The number of hydrogen-bond donors (Lipinski definition) is 1. The zero-order chi connectivity index (χ0) is 25.9. The molecule has 0 aliphatic carbocycles. The van der Waals surface area contributed by atoms with Crippen LogP contribution >= 0.6 is 0 Å². The van der Waals surface area contributed by atoms with Crippen LogP contribution < -0.4 is 10.2 Å². The molecule has 0 radical (unpaired) electrons. The third-order valence-electron chi connectivity index (χ3n) is 5.22. The molecule has 35 heavy (non-hydrogen) atoms. The molecule has 0 aromatic heterocycles. The fourth-order valence-corrected chi connectivity index (χ4v) is 3.61. The van der Waals surface area contributed by atoms with Gasteiger partial charge in [0.25, 0.3) is 5.91 Å². The summed E-state index contributed by atoms with van der Waals surface area (Å²) >= 11 is 0. The number of urea groups is 1. The number of anilines is 1. The fraction of sp³-hybridized carbons (Fsp3) is 0.200. The highest BCUT2D eigenvalue weighted by Crippen LogP contribution is 2.30. The van der Waals surface area contributed by atoms with Crippen molar-refractivity contribution in [2.75, 3.05) is 18.5 Å². The van der Waals surface area contributed by atoms with Gasteiger partial charge in [0.1, 0.15) is 29.1 Å². The highest BCUT2D eigenvalue weighted by atomic mass is 19.2. The molecule has 0 spiro atoms. The van der Waals surface area contributed by atoms with Crippen LogP contribution in [-0.4, -0.2) is 30.4 Å². The standard InChI is InChI=1S/C25H22F5N3O2/c1-14(6-18(27)7-15(2)26)12-33-23-8-16(4-5-17(23)13-32(3)25(33)35)24(34)31-11-20-21(29)9-19(28)10-22(20)30/h4-10H,2,11-13H2,1,3H3,(H,31,34)/b14-6+,18-7+. The van der Waals surface area contributed by atoms with Crippen LogP contribution in [0.5, 0.6) is 0 Å².